The second kappa shape index (κ2) is 6.44. The number of primary amides is 1. The number of amides is 1. The lowest BCUT2D eigenvalue weighted by Crippen LogP contribution is -2.42. The molecular formula is C14H20N2O4S. The number of ether oxygens (including phenoxy) is 1. The molecule has 7 heteroatoms. The smallest absolute Gasteiger partial charge is 0.220 e. The van der Waals surface area contributed by atoms with Crippen LogP contribution in [0.4, 0.5) is 0 Å². The molecule has 1 aromatic carbocycles. The van der Waals surface area contributed by atoms with E-state index in [-0.39, 0.29) is 17.6 Å². The van der Waals surface area contributed by atoms with Gasteiger partial charge in [-0.3, -0.25) is 4.79 Å². The zero-order valence-corrected chi connectivity index (χ0v) is 12.8. The standard InChI is InChI=1S/C14H20N2O4S/c1-20-13-4-2-11(3-5-13)10-21(18,19)16-8-6-12(7-9-16)14(15)17/h2-5,12H,6-10H2,1H3,(H2,15,17). The Morgan fingerprint density at radius 1 is 1.29 bits per heavy atom. The van der Waals surface area contributed by atoms with Crippen molar-refractivity contribution >= 4 is 15.9 Å². The predicted octanol–water partition coefficient (Wildman–Crippen LogP) is 0.722. The molecule has 1 saturated heterocycles. The first-order valence-electron chi connectivity index (χ1n) is 6.82. The largest absolute Gasteiger partial charge is 0.497 e. The molecule has 0 unspecified atom stereocenters. The predicted molar refractivity (Wildman–Crippen MR) is 79.1 cm³/mol. The van der Waals surface area contributed by atoms with Crippen molar-refractivity contribution in [2.45, 2.75) is 18.6 Å². The summed E-state index contributed by atoms with van der Waals surface area (Å²) < 4.78 is 31.2. The first-order chi connectivity index (χ1) is 9.92. The minimum atomic E-state index is -3.36. The fraction of sp³-hybridized carbons (Fsp3) is 0.500. The average molecular weight is 312 g/mol. The molecule has 1 heterocycles. The van der Waals surface area contributed by atoms with Gasteiger partial charge in [-0.25, -0.2) is 12.7 Å². The van der Waals surface area contributed by atoms with Gasteiger partial charge in [0.1, 0.15) is 5.75 Å². The van der Waals surface area contributed by atoms with E-state index in [4.69, 9.17) is 10.5 Å². The molecule has 1 fully saturated rings. The van der Waals surface area contributed by atoms with Crippen molar-refractivity contribution in [2.24, 2.45) is 11.7 Å². The Bertz CT molecular complexity index is 590. The number of carbonyl (C=O) groups is 1. The summed E-state index contributed by atoms with van der Waals surface area (Å²) in [6, 6.07) is 6.97. The van der Waals surface area contributed by atoms with Crippen LogP contribution in [0.1, 0.15) is 18.4 Å². The number of sulfonamides is 1. The van der Waals surface area contributed by atoms with E-state index in [0.717, 1.165) is 0 Å². The molecule has 0 saturated carbocycles. The van der Waals surface area contributed by atoms with E-state index in [1.807, 2.05) is 0 Å². The van der Waals surface area contributed by atoms with Gasteiger partial charge in [-0.2, -0.15) is 0 Å². The van der Waals surface area contributed by atoms with E-state index >= 15 is 0 Å². The molecular weight excluding hydrogens is 292 g/mol. The lowest BCUT2D eigenvalue weighted by atomic mass is 9.98. The molecule has 1 amide bonds. The highest BCUT2D eigenvalue weighted by molar-refractivity contribution is 7.88. The SMILES string of the molecule is COc1ccc(CS(=O)(=O)N2CCC(C(N)=O)CC2)cc1. The Morgan fingerprint density at radius 2 is 1.86 bits per heavy atom. The molecule has 0 atom stereocenters. The van der Waals surface area contributed by atoms with E-state index in [0.29, 0.717) is 37.2 Å². The lowest BCUT2D eigenvalue weighted by molar-refractivity contribution is -0.122. The topological polar surface area (TPSA) is 89.7 Å². The van der Waals surface area contributed by atoms with Crippen LogP contribution in [-0.4, -0.2) is 38.8 Å². The lowest BCUT2D eigenvalue weighted by Gasteiger charge is -2.29. The maximum Gasteiger partial charge on any atom is 0.220 e. The second-order valence-corrected chi connectivity index (χ2v) is 7.15. The van der Waals surface area contributed by atoms with Gasteiger partial charge < -0.3 is 10.5 Å². The van der Waals surface area contributed by atoms with E-state index in [9.17, 15) is 13.2 Å². The highest BCUT2D eigenvalue weighted by atomic mass is 32.2. The molecule has 0 radical (unpaired) electrons. The molecule has 6 nitrogen and oxygen atoms in total. The third-order valence-electron chi connectivity index (χ3n) is 3.76. The van der Waals surface area contributed by atoms with Crippen molar-refractivity contribution in [1.82, 2.24) is 4.31 Å². The van der Waals surface area contributed by atoms with Crippen LogP contribution in [0.25, 0.3) is 0 Å². The minimum absolute atomic E-state index is 0.0434. The summed E-state index contributed by atoms with van der Waals surface area (Å²) in [5, 5.41) is 0. The van der Waals surface area contributed by atoms with Crippen molar-refractivity contribution in [3.05, 3.63) is 29.8 Å². The summed E-state index contributed by atoms with van der Waals surface area (Å²) in [6.07, 6.45) is 0.994. The highest BCUT2D eigenvalue weighted by Gasteiger charge is 2.30. The number of hydrogen-bond acceptors (Lipinski definition) is 4. The number of rotatable bonds is 5. The Labute approximate surface area is 124 Å². The Morgan fingerprint density at radius 3 is 2.33 bits per heavy atom. The number of methoxy groups -OCH3 is 1. The Balaban J connectivity index is 2.00. The zero-order chi connectivity index (χ0) is 15.5. The van der Waals surface area contributed by atoms with E-state index in [1.54, 1.807) is 31.4 Å². The van der Waals surface area contributed by atoms with Crippen LogP contribution in [0.5, 0.6) is 5.75 Å². The third-order valence-corrected chi connectivity index (χ3v) is 5.61. The minimum Gasteiger partial charge on any atom is -0.497 e. The summed E-state index contributed by atoms with van der Waals surface area (Å²) in [6.45, 7) is 0.707. The number of nitrogens with two attached hydrogens (primary N) is 1. The van der Waals surface area contributed by atoms with E-state index < -0.39 is 10.0 Å². The summed E-state index contributed by atoms with van der Waals surface area (Å²) in [7, 11) is -1.80. The molecule has 0 bridgehead atoms. The molecule has 2 N–H and O–H groups in total. The van der Waals surface area contributed by atoms with Crippen molar-refractivity contribution in [3.8, 4) is 5.75 Å². The van der Waals surface area contributed by atoms with E-state index in [1.165, 1.54) is 4.31 Å². The molecule has 0 spiro atoms. The van der Waals surface area contributed by atoms with Gasteiger partial charge in [0.15, 0.2) is 0 Å². The maximum atomic E-state index is 12.4. The van der Waals surface area contributed by atoms with E-state index in [2.05, 4.69) is 0 Å². The molecule has 1 aliphatic rings. The van der Waals surface area contributed by atoms with Crippen LogP contribution in [0.2, 0.25) is 0 Å². The fourth-order valence-electron chi connectivity index (χ4n) is 2.44. The zero-order valence-electron chi connectivity index (χ0n) is 12.0. The van der Waals surface area contributed by atoms with Gasteiger partial charge >= 0.3 is 0 Å². The van der Waals surface area contributed by atoms with Crippen molar-refractivity contribution < 1.29 is 17.9 Å². The molecule has 116 valence electrons. The second-order valence-electron chi connectivity index (χ2n) is 5.18. The summed E-state index contributed by atoms with van der Waals surface area (Å²) >= 11 is 0. The van der Waals surface area contributed by atoms with Gasteiger partial charge in [-0.15, -0.1) is 0 Å². The highest BCUT2D eigenvalue weighted by Crippen LogP contribution is 2.22. The first-order valence-corrected chi connectivity index (χ1v) is 8.43. The summed E-state index contributed by atoms with van der Waals surface area (Å²) in [5.74, 6) is 0.0937. The normalized spacial score (nSPS) is 17.6. The van der Waals surface area contributed by atoms with Crippen LogP contribution < -0.4 is 10.5 Å². The summed E-state index contributed by atoms with van der Waals surface area (Å²) in [5.41, 5.74) is 5.97. The van der Waals surface area contributed by atoms with Gasteiger partial charge in [0.05, 0.1) is 12.9 Å². The molecule has 0 aliphatic carbocycles. The average Bonchev–Trinajstić information content (AvgIpc) is 2.48. The number of piperidine rings is 1. The Hall–Kier alpha value is -1.60. The maximum absolute atomic E-state index is 12.4. The fourth-order valence-corrected chi connectivity index (χ4v) is 4.01. The van der Waals surface area contributed by atoms with Gasteiger partial charge in [-0.1, -0.05) is 12.1 Å². The first kappa shape index (κ1) is 15.8. The van der Waals surface area contributed by atoms with Crippen molar-refractivity contribution in [1.29, 1.82) is 0 Å². The van der Waals surface area contributed by atoms with Crippen molar-refractivity contribution in [3.63, 3.8) is 0 Å². The molecule has 1 aliphatic heterocycles. The van der Waals surface area contributed by atoms with Crippen LogP contribution in [0.15, 0.2) is 24.3 Å². The van der Waals surface area contributed by atoms with Gasteiger partial charge in [-0.05, 0) is 30.5 Å². The number of nitrogens with zero attached hydrogens (tertiary/aromatic N) is 1. The molecule has 0 aromatic heterocycles. The number of carbonyl (C=O) groups excluding carboxylic acids is 1. The molecule has 2 rings (SSSR count). The Kier molecular flexibility index (Phi) is 4.84. The monoisotopic (exact) mass is 312 g/mol. The van der Waals surface area contributed by atoms with Crippen LogP contribution in [0.3, 0.4) is 0 Å². The number of benzene rings is 1. The van der Waals surface area contributed by atoms with Crippen LogP contribution in [0, 0.1) is 5.92 Å². The summed E-state index contributed by atoms with van der Waals surface area (Å²) in [4.78, 5) is 11.1. The van der Waals surface area contributed by atoms with Crippen molar-refractivity contribution in [2.75, 3.05) is 20.2 Å². The quantitative estimate of drug-likeness (QED) is 0.867. The number of hydrogen-bond donors (Lipinski definition) is 1. The van der Waals surface area contributed by atoms with Gasteiger partial charge in [0.25, 0.3) is 0 Å². The van der Waals surface area contributed by atoms with Crippen LogP contribution >= 0.6 is 0 Å². The van der Waals surface area contributed by atoms with Gasteiger partial charge in [0, 0.05) is 19.0 Å². The van der Waals surface area contributed by atoms with Crippen LogP contribution in [-0.2, 0) is 20.6 Å². The third kappa shape index (κ3) is 3.95. The molecule has 1 aromatic rings. The van der Waals surface area contributed by atoms with Gasteiger partial charge in [0.2, 0.25) is 15.9 Å². The molecule has 21 heavy (non-hydrogen) atoms.